The smallest absolute Gasteiger partial charge is 0.341 e. The van der Waals surface area contributed by atoms with Crippen molar-refractivity contribution < 1.29 is 19.0 Å². The molecule has 1 saturated carbocycles. The molecule has 0 saturated heterocycles. The van der Waals surface area contributed by atoms with Crippen molar-refractivity contribution in [3.8, 4) is 5.75 Å². The molecule has 0 radical (unpaired) electrons. The van der Waals surface area contributed by atoms with Crippen LogP contribution in [0.1, 0.15) is 42.5 Å². The number of aromatic nitrogens is 1. The lowest BCUT2D eigenvalue weighted by molar-refractivity contribution is 0.0692. The van der Waals surface area contributed by atoms with Gasteiger partial charge in [0, 0.05) is 19.3 Å². The zero-order chi connectivity index (χ0) is 22.3. The van der Waals surface area contributed by atoms with Gasteiger partial charge in [-0.3, -0.25) is 10.2 Å². The summed E-state index contributed by atoms with van der Waals surface area (Å²) in [5, 5.41) is 20.7. The minimum atomic E-state index is -1.38. The number of nitrogens with two attached hydrogens (primary N) is 2. The summed E-state index contributed by atoms with van der Waals surface area (Å²) in [5.74, 6) is 3.47. The molecule has 1 spiro atoms. The first-order chi connectivity index (χ1) is 14.8. The fraction of sp³-hybridized carbons (Fsp3) is 0.450. The third kappa shape index (κ3) is 3.25. The van der Waals surface area contributed by atoms with Crippen molar-refractivity contribution in [2.75, 3.05) is 30.7 Å². The average Bonchev–Trinajstić information content (AvgIpc) is 3.21. The number of nitrogens with one attached hydrogen (secondary N) is 2. The van der Waals surface area contributed by atoms with Crippen LogP contribution in [0.15, 0.2) is 11.0 Å². The SMILES string of the molecule is N=CN(N)CCCNc1c(F)c(N)c2c(=O)c(C(=O)O)cn3c2c1OCC31CCCC1. The van der Waals surface area contributed by atoms with Crippen molar-refractivity contribution >= 4 is 34.6 Å². The highest BCUT2D eigenvalue weighted by atomic mass is 19.1. The Labute approximate surface area is 177 Å². The molecule has 2 aromatic rings. The summed E-state index contributed by atoms with van der Waals surface area (Å²) in [6.45, 7) is 0.953. The average molecular weight is 432 g/mol. The topological polar surface area (TPSA) is 160 Å². The first kappa shape index (κ1) is 20.9. The highest BCUT2D eigenvalue weighted by Crippen LogP contribution is 2.48. The number of nitrogens with zero attached hydrogens (tertiary/aromatic N) is 2. The minimum absolute atomic E-state index is 0.0347. The van der Waals surface area contributed by atoms with Gasteiger partial charge in [0.1, 0.15) is 17.9 Å². The number of hydrogen-bond donors (Lipinski definition) is 5. The molecule has 1 aliphatic heterocycles. The number of fused-ring (bicyclic) bond motifs is 1. The Morgan fingerprint density at radius 2 is 2.16 bits per heavy atom. The normalized spacial score (nSPS) is 16.3. The summed E-state index contributed by atoms with van der Waals surface area (Å²) in [4.78, 5) is 24.6. The zero-order valence-corrected chi connectivity index (χ0v) is 16.9. The number of halogens is 1. The molecule has 10 nitrogen and oxygen atoms in total. The number of carboxylic acids is 1. The van der Waals surface area contributed by atoms with E-state index < -0.39 is 34.0 Å². The predicted molar refractivity (Wildman–Crippen MR) is 114 cm³/mol. The Kier molecular flexibility index (Phi) is 5.21. The van der Waals surface area contributed by atoms with E-state index >= 15 is 4.39 Å². The predicted octanol–water partition coefficient (Wildman–Crippen LogP) is 1.67. The van der Waals surface area contributed by atoms with Crippen LogP contribution in [-0.4, -0.2) is 46.7 Å². The molecule has 0 unspecified atom stereocenters. The Balaban J connectivity index is 1.90. The molecule has 0 bridgehead atoms. The van der Waals surface area contributed by atoms with E-state index in [1.54, 1.807) is 4.57 Å². The number of aromatic carboxylic acids is 1. The Bertz CT molecular complexity index is 1130. The van der Waals surface area contributed by atoms with E-state index in [0.29, 0.717) is 25.0 Å². The van der Waals surface area contributed by atoms with E-state index in [1.807, 2.05) is 0 Å². The number of benzene rings is 1. The van der Waals surface area contributed by atoms with E-state index in [2.05, 4.69) is 5.32 Å². The lowest BCUT2D eigenvalue weighted by Crippen LogP contribution is -2.42. The van der Waals surface area contributed by atoms with E-state index in [-0.39, 0.29) is 23.4 Å². The molecule has 11 heteroatoms. The summed E-state index contributed by atoms with van der Waals surface area (Å²) in [7, 11) is 0. The van der Waals surface area contributed by atoms with Crippen molar-refractivity contribution in [3.63, 3.8) is 0 Å². The molecule has 0 atom stereocenters. The summed E-state index contributed by atoms with van der Waals surface area (Å²) in [6.07, 6.45) is 6.26. The van der Waals surface area contributed by atoms with Gasteiger partial charge in [-0.15, -0.1) is 0 Å². The van der Waals surface area contributed by atoms with E-state index in [1.165, 1.54) is 11.2 Å². The van der Waals surface area contributed by atoms with Crippen LogP contribution in [0.3, 0.4) is 0 Å². The summed E-state index contributed by atoms with van der Waals surface area (Å²) >= 11 is 0. The molecule has 4 rings (SSSR count). The molecule has 2 heterocycles. The van der Waals surface area contributed by atoms with E-state index in [9.17, 15) is 14.7 Å². The minimum Gasteiger partial charge on any atom is -0.487 e. The van der Waals surface area contributed by atoms with Crippen LogP contribution in [0.5, 0.6) is 5.75 Å². The van der Waals surface area contributed by atoms with Crippen LogP contribution in [0.25, 0.3) is 10.9 Å². The van der Waals surface area contributed by atoms with Crippen molar-refractivity contribution in [3.05, 3.63) is 27.8 Å². The monoisotopic (exact) mass is 432 g/mol. The number of hydrazine groups is 1. The molecule has 166 valence electrons. The van der Waals surface area contributed by atoms with Gasteiger partial charge in [0.15, 0.2) is 11.6 Å². The van der Waals surface area contributed by atoms with Crippen LogP contribution in [0.2, 0.25) is 0 Å². The van der Waals surface area contributed by atoms with Crippen LogP contribution in [0.4, 0.5) is 15.8 Å². The van der Waals surface area contributed by atoms with Crippen LogP contribution in [0, 0.1) is 11.2 Å². The number of rotatable bonds is 7. The third-order valence-electron chi connectivity index (χ3n) is 6.20. The molecule has 7 N–H and O–H groups in total. The summed E-state index contributed by atoms with van der Waals surface area (Å²) in [6, 6.07) is 0. The van der Waals surface area contributed by atoms with Gasteiger partial charge in [0.05, 0.1) is 28.5 Å². The second kappa shape index (κ2) is 7.73. The number of hydrogen-bond acceptors (Lipinski definition) is 7. The maximum absolute atomic E-state index is 15.2. The maximum atomic E-state index is 15.2. The second-order valence-corrected chi connectivity index (χ2v) is 8.07. The Morgan fingerprint density at radius 3 is 2.81 bits per heavy atom. The quantitative estimate of drug-likeness (QED) is 0.110. The number of ether oxygens (including phenoxy) is 1. The van der Waals surface area contributed by atoms with Gasteiger partial charge in [-0.05, 0) is 19.3 Å². The van der Waals surface area contributed by atoms with Crippen molar-refractivity contribution in [2.24, 2.45) is 5.84 Å². The number of nitrogen functional groups attached to an aromatic ring is 1. The molecule has 1 fully saturated rings. The van der Waals surface area contributed by atoms with Crippen LogP contribution in [-0.2, 0) is 5.54 Å². The maximum Gasteiger partial charge on any atom is 0.341 e. The molecule has 31 heavy (non-hydrogen) atoms. The summed E-state index contributed by atoms with van der Waals surface area (Å²) in [5.41, 5.74) is 4.23. The molecule has 2 aliphatic rings. The van der Waals surface area contributed by atoms with Crippen LogP contribution >= 0.6 is 0 Å². The molecule has 0 amide bonds. The van der Waals surface area contributed by atoms with E-state index in [4.69, 9.17) is 21.7 Å². The van der Waals surface area contributed by atoms with Gasteiger partial charge in [-0.2, -0.15) is 0 Å². The molecule has 1 aromatic heterocycles. The van der Waals surface area contributed by atoms with Gasteiger partial charge in [0.25, 0.3) is 0 Å². The highest BCUT2D eigenvalue weighted by Gasteiger charge is 2.43. The lowest BCUT2D eigenvalue weighted by atomic mass is 9.93. The van der Waals surface area contributed by atoms with Gasteiger partial charge < -0.3 is 30.5 Å². The Hall–Kier alpha value is -3.34. The van der Waals surface area contributed by atoms with Crippen molar-refractivity contribution in [1.29, 1.82) is 5.41 Å². The number of carboxylic acid groups (broad SMARTS) is 1. The van der Waals surface area contributed by atoms with Crippen molar-refractivity contribution in [2.45, 2.75) is 37.6 Å². The van der Waals surface area contributed by atoms with E-state index in [0.717, 1.165) is 32.0 Å². The number of pyridine rings is 1. The standard InChI is InChI=1S/C20H25FN6O4/c21-13-14(23)12-16-18(15(13)25-6-3-7-26(24)10-22)31-9-20(4-1-2-5-20)27(16)8-11(17(12)28)19(29)30/h8,10,22,25H,1-7,9,23-24H2,(H,29,30). The largest absolute Gasteiger partial charge is 0.487 e. The van der Waals surface area contributed by atoms with Gasteiger partial charge in [-0.1, -0.05) is 12.8 Å². The Morgan fingerprint density at radius 1 is 1.45 bits per heavy atom. The zero-order valence-electron chi connectivity index (χ0n) is 16.9. The molecule has 1 aliphatic carbocycles. The first-order valence-corrected chi connectivity index (χ1v) is 10.1. The number of carbonyl (C=O) groups is 1. The third-order valence-corrected chi connectivity index (χ3v) is 6.20. The molecular formula is C20H25FN6O4. The fourth-order valence-corrected chi connectivity index (χ4v) is 4.61. The summed E-state index contributed by atoms with van der Waals surface area (Å²) < 4.78 is 23.0. The first-order valence-electron chi connectivity index (χ1n) is 10.1. The second-order valence-electron chi connectivity index (χ2n) is 8.07. The fourth-order valence-electron chi connectivity index (χ4n) is 4.61. The van der Waals surface area contributed by atoms with Gasteiger partial charge >= 0.3 is 5.97 Å². The van der Waals surface area contributed by atoms with Crippen LogP contribution < -0.4 is 27.1 Å². The lowest BCUT2D eigenvalue weighted by Gasteiger charge is -2.39. The van der Waals surface area contributed by atoms with Crippen molar-refractivity contribution in [1.82, 2.24) is 9.58 Å². The molecule has 1 aromatic carbocycles. The van der Waals surface area contributed by atoms with Gasteiger partial charge in [-0.25, -0.2) is 15.0 Å². The highest BCUT2D eigenvalue weighted by molar-refractivity contribution is 6.03. The number of anilines is 2. The molecular weight excluding hydrogens is 407 g/mol. The van der Waals surface area contributed by atoms with Gasteiger partial charge in [0.2, 0.25) is 5.43 Å².